The topological polar surface area (TPSA) is 54.3 Å². The van der Waals surface area contributed by atoms with Gasteiger partial charge in [0.2, 0.25) is 0 Å². The first-order valence-corrected chi connectivity index (χ1v) is 6.39. The number of nitrogens with one attached hydrogen (secondary N) is 2. The number of hydrogen-bond acceptors (Lipinski definition) is 2. The first-order chi connectivity index (χ1) is 9.24. The summed E-state index contributed by atoms with van der Waals surface area (Å²) < 4.78 is 5.26. The van der Waals surface area contributed by atoms with E-state index in [0.29, 0.717) is 0 Å². The number of benzene rings is 1. The molecule has 0 bridgehead atoms. The van der Waals surface area contributed by atoms with Crippen LogP contribution in [-0.2, 0) is 6.42 Å². The normalized spacial score (nSPS) is 11.8. The average Bonchev–Trinajstić information content (AvgIpc) is 2.90. The Labute approximate surface area is 112 Å². The van der Waals surface area contributed by atoms with Crippen LogP contribution in [0.15, 0.2) is 53.1 Å². The predicted octanol–water partition coefficient (Wildman–Crippen LogP) is 3.42. The van der Waals surface area contributed by atoms with Gasteiger partial charge in [0.25, 0.3) is 0 Å². The maximum absolute atomic E-state index is 11.7. The molecule has 0 saturated carbocycles. The number of aryl methyl sites for hydroxylation is 1. The summed E-state index contributed by atoms with van der Waals surface area (Å²) >= 11 is 0. The minimum atomic E-state index is -0.182. The van der Waals surface area contributed by atoms with E-state index in [1.165, 1.54) is 0 Å². The number of urea groups is 1. The minimum Gasteiger partial charge on any atom is -0.469 e. The number of rotatable bonds is 5. The van der Waals surface area contributed by atoms with Gasteiger partial charge in [0.05, 0.1) is 6.26 Å². The molecule has 1 aromatic carbocycles. The van der Waals surface area contributed by atoms with Crippen LogP contribution in [0.3, 0.4) is 0 Å². The summed E-state index contributed by atoms with van der Waals surface area (Å²) in [7, 11) is 0. The highest BCUT2D eigenvalue weighted by Gasteiger charge is 2.08. The molecular weight excluding hydrogens is 240 g/mol. The Kier molecular flexibility index (Phi) is 4.61. The van der Waals surface area contributed by atoms with Crippen LogP contribution in [0.1, 0.15) is 19.1 Å². The van der Waals surface area contributed by atoms with Gasteiger partial charge in [-0.25, -0.2) is 4.79 Å². The molecule has 0 aliphatic carbocycles. The summed E-state index contributed by atoms with van der Waals surface area (Å²) in [4.78, 5) is 11.7. The summed E-state index contributed by atoms with van der Waals surface area (Å²) in [5, 5.41) is 5.69. The molecular formula is C15H18N2O2. The molecule has 100 valence electrons. The van der Waals surface area contributed by atoms with Crippen molar-refractivity contribution >= 4 is 11.7 Å². The molecule has 0 aliphatic rings. The first kappa shape index (κ1) is 13.2. The number of amides is 2. The summed E-state index contributed by atoms with van der Waals surface area (Å²) in [5.74, 6) is 0.942. The zero-order chi connectivity index (χ0) is 13.5. The van der Waals surface area contributed by atoms with Gasteiger partial charge in [-0.15, -0.1) is 0 Å². The Morgan fingerprint density at radius 2 is 2.00 bits per heavy atom. The Bertz CT molecular complexity index is 494. The summed E-state index contributed by atoms with van der Waals surface area (Å²) in [6.45, 7) is 1.98. The lowest BCUT2D eigenvalue weighted by Crippen LogP contribution is -2.36. The third-order valence-electron chi connectivity index (χ3n) is 2.81. The molecule has 4 heteroatoms. The molecule has 2 aromatic rings. The van der Waals surface area contributed by atoms with Gasteiger partial charge < -0.3 is 15.1 Å². The summed E-state index contributed by atoms with van der Waals surface area (Å²) in [6.07, 6.45) is 3.32. The predicted molar refractivity (Wildman–Crippen MR) is 75.1 cm³/mol. The smallest absolute Gasteiger partial charge is 0.319 e. The van der Waals surface area contributed by atoms with Gasteiger partial charge in [-0.2, -0.15) is 0 Å². The van der Waals surface area contributed by atoms with Gasteiger partial charge in [0, 0.05) is 18.2 Å². The van der Waals surface area contributed by atoms with Crippen LogP contribution in [0.4, 0.5) is 10.5 Å². The lowest BCUT2D eigenvalue weighted by molar-refractivity contribution is 0.248. The van der Waals surface area contributed by atoms with Gasteiger partial charge in [-0.1, -0.05) is 18.2 Å². The zero-order valence-electron chi connectivity index (χ0n) is 10.9. The van der Waals surface area contributed by atoms with Crippen molar-refractivity contribution in [1.29, 1.82) is 0 Å². The third-order valence-corrected chi connectivity index (χ3v) is 2.81. The summed E-state index contributed by atoms with van der Waals surface area (Å²) in [5.41, 5.74) is 0.790. The molecule has 1 heterocycles. The largest absolute Gasteiger partial charge is 0.469 e. The molecule has 0 saturated heterocycles. The van der Waals surface area contributed by atoms with E-state index < -0.39 is 0 Å². The molecule has 0 aliphatic heterocycles. The summed E-state index contributed by atoms with van der Waals surface area (Å²) in [6, 6.07) is 13.1. The van der Waals surface area contributed by atoms with Crippen LogP contribution in [-0.4, -0.2) is 12.1 Å². The number of para-hydroxylation sites is 1. The van der Waals surface area contributed by atoms with E-state index in [0.717, 1.165) is 24.3 Å². The van der Waals surface area contributed by atoms with Gasteiger partial charge in [-0.3, -0.25) is 0 Å². The highest BCUT2D eigenvalue weighted by atomic mass is 16.3. The van der Waals surface area contributed by atoms with E-state index >= 15 is 0 Å². The standard InChI is InChI=1S/C15H18N2O2/c1-12(9-10-14-8-5-11-19-14)16-15(18)17-13-6-3-2-4-7-13/h2-8,11-12H,9-10H2,1H3,(H2,16,17,18). The molecule has 4 nitrogen and oxygen atoms in total. The fraction of sp³-hybridized carbons (Fsp3) is 0.267. The zero-order valence-corrected chi connectivity index (χ0v) is 10.9. The van der Waals surface area contributed by atoms with Crippen LogP contribution in [0, 0.1) is 0 Å². The van der Waals surface area contributed by atoms with Crippen molar-refractivity contribution in [3.05, 3.63) is 54.5 Å². The second-order valence-electron chi connectivity index (χ2n) is 4.48. The quantitative estimate of drug-likeness (QED) is 0.863. The van der Waals surface area contributed by atoms with Gasteiger partial charge in [0.1, 0.15) is 5.76 Å². The Morgan fingerprint density at radius 1 is 1.21 bits per heavy atom. The van der Waals surface area contributed by atoms with Crippen molar-refractivity contribution < 1.29 is 9.21 Å². The third kappa shape index (κ3) is 4.50. The van der Waals surface area contributed by atoms with E-state index in [4.69, 9.17) is 4.42 Å². The van der Waals surface area contributed by atoms with Gasteiger partial charge in [-0.05, 0) is 37.6 Å². The Hall–Kier alpha value is -2.23. The van der Waals surface area contributed by atoms with Gasteiger partial charge in [0.15, 0.2) is 0 Å². The van der Waals surface area contributed by atoms with E-state index in [1.54, 1.807) is 6.26 Å². The van der Waals surface area contributed by atoms with Crippen molar-refractivity contribution in [3.8, 4) is 0 Å². The van der Waals surface area contributed by atoms with Crippen LogP contribution in [0.25, 0.3) is 0 Å². The van der Waals surface area contributed by atoms with Crippen molar-refractivity contribution in [1.82, 2.24) is 5.32 Å². The lowest BCUT2D eigenvalue weighted by Gasteiger charge is -2.14. The molecule has 2 N–H and O–H groups in total. The molecule has 1 atom stereocenters. The molecule has 1 aromatic heterocycles. The second kappa shape index (κ2) is 6.64. The molecule has 1 unspecified atom stereocenters. The Balaban J connectivity index is 1.72. The maximum Gasteiger partial charge on any atom is 0.319 e. The molecule has 2 rings (SSSR count). The van der Waals surface area contributed by atoms with E-state index in [2.05, 4.69) is 10.6 Å². The molecule has 2 amide bonds. The average molecular weight is 258 g/mol. The van der Waals surface area contributed by atoms with Crippen molar-refractivity contribution in [2.75, 3.05) is 5.32 Å². The fourth-order valence-electron chi connectivity index (χ4n) is 1.80. The minimum absolute atomic E-state index is 0.0915. The number of carbonyl (C=O) groups is 1. The van der Waals surface area contributed by atoms with E-state index in [1.807, 2.05) is 49.4 Å². The molecule has 19 heavy (non-hydrogen) atoms. The van der Waals surface area contributed by atoms with Crippen LogP contribution in [0.5, 0.6) is 0 Å². The van der Waals surface area contributed by atoms with E-state index in [9.17, 15) is 4.79 Å². The number of carbonyl (C=O) groups excluding carboxylic acids is 1. The first-order valence-electron chi connectivity index (χ1n) is 6.39. The van der Waals surface area contributed by atoms with E-state index in [-0.39, 0.29) is 12.1 Å². The number of furan rings is 1. The van der Waals surface area contributed by atoms with Crippen LogP contribution in [0.2, 0.25) is 0 Å². The number of anilines is 1. The Morgan fingerprint density at radius 3 is 2.68 bits per heavy atom. The lowest BCUT2D eigenvalue weighted by atomic mass is 10.1. The molecule has 0 radical (unpaired) electrons. The van der Waals surface area contributed by atoms with Crippen LogP contribution >= 0.6 is 0 Å². The maximum atomic E-state index is 11.7. The molecule has 0 spiro atoms. The fourth-order valence-corrected chi connectivity index (χ4v) is 1.80. The molecule has 0 fully saturated rings. The van der Waals surface area contributed by atoms with Crippen molar-refractivity contribution in [2.45, 2.75) is 25.8 Å². The highest BCUT2D eigenvalue weighted by Crippen LogP contribution is 2.07. The van der Waals surface area contributed by atoms with Crippen LogP contribution < -0.4 is 10.6 Å². The van der Waals surface area contributed by atoms with Crippen molar-refractivity contribution in [2.24, 2.45) is 0 Å². The van der Waals surface area contributed by atoms with Crippen molar-refractivity contribution in [3.63, 3.8) is 0 Å². The number of hydrogen-bond donors (Lipinski definition) is 2. The highest BCUT2D eigenvalue weighted by molar-refractivity contribution is 5.89. The second-order valence-corrected chi connectivity index (χ2v) is 4.48. The SMILES string of the molecule is CC(CCc1ccco1)NC(=O)Nc1ccccc1. The van der Waals surface area contributed by atoms with Gasteiger partial charge >= 0.3 is 6.03 Å². The monoisotopic (exact) mass is 258 g/mol.